The van der Waals surface area contributed by atoms with Crippen molar-refractivity contribution in [2.75, 3.05) is 17.2 Å². The summed E-state index contributed by atoms with van der Waals surface area (Å²) in [5.41, 5.74) is 6.72. The fraction of sp³-hybridized carbons (Fsp3) is 0.316. The second-order valence-electron chi connectivity index (χ2n) is 5.66. The summed E-state index contributed by atoms with van der Waals surface area (Å²) in [6.45, 7) is 8.56. The molecule has 0 spiro atoms. The summed E-state index contributed by atoms with van der Waals surface area (Å²) in [4.78, 5) is 12.1. The van der Waals surface area contributed by atoms with E-state index < -0.39 is 0 Å². The van der Waals surface area contributed by atoms with Crippen molar-refractivity contribution < 1.29 is 4.79 Å². The van der Waals surface area contributed by atoms with Gasteiger partial charge in [0, 0.05) is 11.4 Å². The maximum absolute atomic E-state index is 12.1. The molecule has 0 bridgehead atoms. The number of nitrogens with one attached hydrogen (secondary N) is 2. The van der Waals surface area contributed by atoms with Crippen LogP contribution in [-0.4, -0.2) is 12.5 Å². The minimum absolute atomic E-state index is 0.0337. The van der Waals surface area contributed by atoms with E-state index in [1.807, 2.05) is 25.1 Å². The molecule has 0 aliphatic rings. The largest absolute Gasteiger partial charge is 0.376 e. The first kappa shape index (κ1) is 16.1. The van der Waals surface area contributed by atoms with Gasteiger partial charge in [-0.2, -0.15) is 0 Å². The summed E-state index contributed by atoms with van der Waals surface area (Å²) < 4.78 is 0. The van der Waals surface area contributed by atoms with E-state index in [2.05, 4.69) is 49.6 Å². The van der Waals surface area contributed by atoms with Crippen LogP contribution < -0.4 is 10.6 Å². The van der Waals surface area contributed by atoms with E-state index in [0.29, 0.717) is 0 Å². The van der Waals surface area contributed by atoms with Crippen LogP contribution in [0.4, 0.5) is 11.4 Å². The lowest BCUT2D eigenvalue weighted by atomic mass is 10.1. The van der Waals surface area contributed by atoms with E-state index >= 15 is 0 Å². The molecule has 2 aromatic rings. The number of carbonyl (C=O) groups is 1. The van der Waals surface area contributed by atoms with Gasteiger partial charge in [-0.25, -0.2) is 0 Å². The Labute approximate surface area is 132 Å². The van der Waals surface area contributed by atoms with E-state index in [1.54, 1.807) is 0 Å². The van der Waals surface area contributed by atoms with Gasteiger partial charge in [-0.05, 0) is 61.6 Å². The maximum Gasteiger partial charge on any atom is 0.243 e. The molecule has 1 amide bonds. The number of amides is 1. The summed E-state index contributed by atoms with van der Waals surface area (Å²) in [5, 5.41) is 6.20. The Morgan fingerprint density at radius 2 is 1.77 bits per heavy atom. The van der Waals surface area contributed by atoms with Crippen molar-refractivity contribution in [3.8, 4) is 0 Å². The zero-order chi connectivity index (χ0) is 16.1. The fourth-order valence-electron chi connectivity index (χ4n) is 2.47. The molecule has 0 aliphatic carbocycles. The van der Waals surface area contributed by atoms with Crippen LogP contribution in [-0.2, 0) is 11.2 Å². The summed E-state index contributed by atoms with van der Waals surface area (Å²) in [5.74, 6) is -0.0337. The van der Waals surface area contributed by atoms with Crippen LogP contribution in [0.2, 0.25) is 0 Å². The van der Waals surface area contributed by atoms with Crippen LogP contribution >= 0.6 is 0 Å². The minimum Gasteiger partial charge on any atom is -0.376 e. The van der Waals surface area contributed by atoms with Gasteiger partial charge in [-0.15, -0.1) is 0 Å². The summed E-state index contributed by atoms with van der Waals surface area (Å²) in [7, 11) is 0. The van der Waals surface area contributed by atoms with Crippen molar-refractivity contribution in [1.29, 1.82) is 0 Å². The normalized spacial score (nSPS) is 10.4. The summed E-state index contributed by atoms with van der Waals surface area (Å²) in [6.07, 6.45) is 0.947. The standard InChI is InChI=1S/C19H24N2O/c1-5-16-8-6-7-14(3)19(16)20-12-18(22)21-17-10-9-13(2)15(4)11-17/h6-11,20H,5,12H2,1-4H3,(H,21,22). The van der Waals surface area contributed by atoms with Gasteiger partial charge in [0.15, 0.2) is 0 Å². The van der Waals surface area contributed by atoms with Gasteiger partial charge in [0.05, 0.1) is 6.54 Å². The molecule has 3 nitrogen and oxygen atoms in total. The number of carbonyl (C=O) groups excluding carboxylic acids is 1. The van der Waals surface area contributed by atoms with Gasteiger partial charge in [0.2, 0.25) is 5.91 Å². The smallest absolute Gasteiger partial charge is 0.243 e. The van der Waals surface area contributed by atoms with Gasteiger partial charge in [0.25, 0.3) is 0 Å². The minimum atomic E-state index is -0.0337. The molecule has 2 rings (SSSR count). The number of hydrogen-bond donors (Lipinski definition) is 2. The molecule has 0 unspecified atom stereocenters. The monoisotopic (exact) mass is 296 g/mol. The van der Waals surface area contributed by atoms with Crippen molar-refractivity contribution in [1.82, 2.24) is 0 Å². The van der Waals surface area contributed by atoms with E-state index in [-0.39, 0.29) is 12.5 Å². The number of rotatable bonds is 5. The Hall–Kier alpha value is -2.29. The molecule has 0 fully saturated rings. The molecule has 0 aliphatic heterocycles. The van der Waals surface area contributed by atoms with Crippen molar-refractivity contribution in [2.24, 2.45) is 0 Å². The first-order valence-electron chi connectivity index (χ1n) is 7.70. The van der Waals surface area contributed by atoms with E-state index in [1.165, 1.54) is 22.3 Å². The Kier molecular flexibility index (Phi) is 5.21. The van der Waals surface area contributed by atoms with Gasteiger partial charge in [-0.3, -0.25) is 4.79 Å². The van der Waals surface area contributed by atoms with Gasteiger partial charge in [0.1, 0.15) is 0 Å². The maximum atomic E-state index is 12.1. The van der Waals surface area contributed by atoms with Crippen molar-refractivity contribution in [2.45, 2.75) is 34.1 Å². The number of benzene rings is 2. The molecule has 0 aromatic heterocycles. The molecule has 0 atom stereocenters. The van der Waals surface area contributed by atoms with Crippen LogP contribution in [0.5, 0.6) is 0 Å². The average Bonchev–Trinajstić information content (AvgIpc) is 2.49. The van der Waals surface area contributed by atoms with E-state index in [4.69, 9.17) is 0 Å². The zero-order valence-corrected chi connectivity index (χ0v) is 13.8. The second kappa shape index (κ2) is 7.12. The van der Waals surface area contributed by atoms with Gasteiger partial charge in [-0.1, -0.05) is 31.2 Å². The first-order chi connectivity index (χ1) is 10.5. The Balaban J connectivity index is 2.00. The molecule has 0 saturated carbocycles. The van der Waals surface area contributed by atoms with Crippen LogP contribution in [0.1, 0.15) is 29.2 Å². The van der Waals surface area contributed by atoms with Crippen molar-refractivity contribution in [3.05, 3.63) is 58.7 Å². The Morgan fingerprint density at radius 1 is 1.00 bits per heavy atom. The highest BCUT2D eigenvalue weighted by atomic mass is 16.1. The van der Waals surface area contributed by atoms with Crippen molar-refractivity contribution >= 4 is 17.3 Å². The molecule has 2 aromatic carbocycles. The molecule has 0 heterocycles. The molecular weight excluding hydrogens is 272 g/mol. The first-order valence-corrected chi connectivity index (χ1v) is 7.70. The highest BCUT2D eigenvalue weighted by Gasteiger charge is 2.07. The van der Waals surface area contributed by atoms with Crippen LogP contribution in [0.3, 0.4) is 0 Å². The van der Waals surface area contributed by atoms with Gasteiger partial charge >= 0.3 is 0 Å². The number of anilines is 2. The third-order valence-corrected chi connectivity index (χ3v) is 3.96. The topological polar surface area (TPSA) is 41.1 Å². The van der Waals surface area contributed by atoms with Crippen LogP contribution in [0.25, 0.3) is 0 Å². The third-order valence-electron chi connectivity index (χ3n) is 3.96. The van der Waals surface area contributed by atoms with Crippen LogP contribution in [0, 0.1) is 20.8 Å². The molecule has 3 heteroatoms. The number of hydrogen-bond acceptors (Lipinski definition) is 2. The van der Waals surface area contributed by atoms with E-state index in [0.717, 1.165) is 17.8 Å². The SMILES string of the molecule is CCc1cccc(C)c1NCC(=O)Nc1ccc(C)c(C)c1. The Morgan fingerprint density at radius 3 is 2.45 bits per heavy atom. The fourth-order valence-corrected chi connectivity index (χ4v) is 2.47. The Bertz CT molecular complexity index is 677. The molecular formula is C19H24N2O. The van der Waals surface area contributed by atoms with Crippen LogP contribution in [0.15, 0.2) is 36.4 Å². The highest BCUT2D eigenvalue weighted by molar-refractivity contribution is 5.94. The molecule has 0 radical (unpaired) electrons. The number of aryl methyl sites for hydroxylation is 4. The van der Waals surface area contributed by atoms with Crippen molar-refractivity contribution in [3.63, 3.8) is 0 Å². The summed E-state index contributed by atoms with van der Waals surface area (Å²) in [6, 6.07) is 12.2. The lowest BCUT2D eigenvalue weighted by molar-refractivity contribution is -0.114. The quantitative estimate of drug-likeness (QED) is 0.867. The van der Waals surface area contributed by atoms with E-state index in [9.17, 15) is 4.79 Å². The van der Waals surface area contributed by atoms with Gasteiger partial charge < -0.3 is 10.6 Å². The predicted molar refractivity (Wildman–Crippen MR) is 93.6 cm³/mol. The summed E-state index contributed by atoms with van der Waals surface area (Å²) >= 11 is 0. The molecule has 2 N–H and O–H groups in total. The highest BCUT2D eigenvalue weighted by Crippen LogP contribution is 2.21. The lowest BCUT2D eigenvalue weighted by Crippen LogP contribution is -2.22. The number of para-hydroxylation sites is 1. The molecule has 0 saturated heterocycles. The molecule has 22 heavy (non-hydrogen) atoms. The predicted octanol–water partition coefficient (Wildman–Crippen LogP) is 4.22. The second-order valence-corrected chi connectivity index (χ2v) is 5.66. The third kappa shape index (κ3) is 3.88. The lowest BCUT2D eigenvalue weighted by Gasteiger charge is -2.14. The molecule has 116 valence electrons. The average molecular weight is 296 g/mol. The zero-order valence-electron chi connectivity index (χ0n) is 13.8.